The molecule has 1 aliphatic rings. The first kappa shape index (κ1) is 16.3. The Kier molecular flexibility index (Phi) is 5.52. The Hall–Kier alpha value is -0.0900. The lowest BCUT2D eigenvalue weighted by Crippen LogP contribution is -2.55. The molecular formula is C16H23BrClNO. The number of likely N-dealkylation sites (N-methyl/N-ethyl adjacent to an activating group) is 1. The number of rotatable bonds is 4. The van der Waals surface area contributed by atoms with E-state index in [9.17, 15) is 5.11 Å². The van der Waals surface area contributed by atoms with E-state index in [-0.39, 0.29) is 11.6 Å². The van der Waals surface area contributed by atoms with Crippen LogP contribution in [0.15, 0.2) is 22.7 Å². The highest BCUT2D eigenvalue weighted by Crippen LogP contribution is 2.37. The molecule has 0 bridgehead atoms. The summed E-state index contributed by atoms with van der Waals surface area (Å²) in [6.07, 6.45) is 6.04. The third kappa shape index (κ3) is 3.38. The predicted octanol–water partition coefficient (Wildman–Crippen LogP) is 4.27. The summed E-state index contributed by atoms with van der Waals surface area (Å²) in [6, 6.07) is 5.88. The molecular weight excluding hydrogens is 338 g/mol. The number of halogens is 2. The van der Waals surface area contributed by atoms with Gasteiger partial charge in [0.2, 0.25) is 0 Å². The second kappa shape index (κ2) is 6.78. The molecule has 1 aromatic rings. The van der Waals surface area contributed by atoms with Crippen LogP contribution in [0.2, 0.25) is 5.02 Å². The van der Waals surface area contributed by atoms with Gasteiger partial charge < -0.3 is 10.0 Å². The van der Waals surface area contributed by atoms with E-state index in [4.69, 9.17) is 11.6 Å². The average molecular weight is 361 g/mol. The van der Waals surface area contributed by atoms with Crippen molar-refractivity contribution in [2.75, 3.05) is 14.1 Å². The Morgan fingerprint density at radius 1 is 1.30 bits per heavy atom. The minimum absolute atomic E-state index is 0.103. The van der Waals surface area contributed by atoms with Crippen molar-refractivity contribution in [2.45, 2.75) is 50.2 Å². The van der Waals surface area contributed by atoms with Gasteiger partial charge in [-0.05, 0) is 44.6 Å². The van der Waals surface area contributed by atoms with Crippen LogP contribution < -0.4 is 0 Å². The molecule has 4 heteroatoms. The van der Waals surface area contributed by atoms with Crippen LogP contribution in [-0.2, 0) is 6.42 Å². The van der Waals surface area contributed by atoms with Crippen molar-refractivity contribution in [2.24, 2.45) is 0 Å². The van der Waals surface area contributed by atoms with E-state index in [2.05, 4.69) is 34.9 Å². The van der Waals surface area contributed by atoms with Crippen LogP contribution in [0.1, 0.15) is 37.7 Å². The van der Waals surface area contributed by atoms with Crippen LogP contribution >= 0.6 is 27.5 Å². The van der Waals surface area contributed by atoms with Crippen molar-refractivity contribution >= 4 is 27.5 Å². The number of aliphatic hydroxyl groups is 1. The molecule has 20 heavy (non-hydrogen) atoms. The zero-order valence-corrected chi connectivity index (χ0v) is 14.5. The largest absolute Gasteiger partial charge is 0.391 e. The summed E-state index contributed by atoms with van der Waals surface area (Å²) in [5, 5.41) is 11.6. The van der Waals surface area contributed by atoms with Gasteiger partial charge in [-0.25, -0.2) is 0 Å². The monoisotopic (exact) mass is 359 g/mol. The van der Waals surface area contributed by atoms with Gasteiger partial charge in [-0.3, -0.25) is 0 Å². The van der Waals surface area contributed by atoms with E-state index in [1.807, 2.05) is 18.2 Å². The molecule has 2 nitrogen and oxygen atoms in total. The molecule has 0 heterocycles. The van der Waals surface area contributed by atoms with Crippen LogP contribution in [0.4, 0.5) is 0 Å². The van der Waals surface area contributed by atoms with E-state index in [0.29, 0.717) is 6.42 Å². The Morgan fingerprint density at radius 3 is 2.50 bits per heavy atom. The van der Waals surface area contributed by atoms with Gasteiger partial charge in [-0.1, -0.05) is 52.9 Å². The maximum Gasteiger partial charge on any atom is 0.0764 e. The fourth-order valence-corrected chi connectivity index (χ4v) is 4.08. The normalized spacial score (nSPS) is 20.1. The zero-order chi connectivity index (χ0) is 14.8. The first-order valence-electron chi connectivity index (χ1n) is 7.25. The SMILES string of the molecule is CN(C)C1(C(O)Cc2ccc(Br)cc2Cl)CCCCC1. The molecule has 1 fully saturated rings. The lowest BCUT2D eigenvalue weighted by Gasteiger charge is -2.46. The molecule has 1 unspecified atom stereocenters. The van der Waals surface area contributed by atoms with E-state index in [1.54, 1.807) is 0 Å². The molecule has 2 rings (SSSR count). The van der Waals surface area contributed by atoms with E-state index in [1.165, 1.54) is 19.3 Å². The van der Waals surface area contributed by atoms with Gasteiger partial charge >= 0.3 is 0 Å². The summed E-state index contributed by atoms with van der Waals surface area (Å²) in [5.74, 6) is 0. The van der Waals surface area contributed by atoms with Crippen LogP contribution in [0, 0.1) is 0 Å². The quantitative estimate of drug-likeness (QED) is 0.866. The van der Waals surface area contributed by atoms with Gasteiger partial charge in [-0.15, -0.1) is 0 Å². The molecule has 0 saturated heterocycles. The van der Waals surface area contributed by atoms with Crippen molar-refractivity contribution in [1.82, 2.24) is 4.90 Å². The Morgan fingerprint density at radius 2 is 1.95 bits per heavy atom. The molecule has 112 valence electrons. The van der Waals surface area contributed by atoms with E-state index >= 15 is 0 Å². The molecule has 1 aromatic carbocycles. The van der Waals surface area contributed by atoms with Gasteiger partial charge in [0.1, 0.15) is 0 Å². The molecule has 1 saturated carbocycles. The average Bonchev–Trinajstić information content (AvgIpc) is 2.42. The number of hydrogen-bond acceptors (Lipinski definition) is 2. The molecule has 1 N–H and O–H groups in total. The van der Waals surface area contributed by atoms with Crippen molar-refractivity contribution in [3.63, 3.8) is 0 Å². The topological polar surface area (TPSA) is 23.5 Å². The number of nitrogens with zero attached hydrogens (tertiary/aromatic N) is 1. The number of benzene rings is 1. The van der Waals surface area contributed by atoms with E-state index < -0.39 is 0 Å². The molecule has 0 aliphatic heterocycles. The molecule has 0 aromatic heterocycles. The summed E-state index contributed by atoms with van der Waals surface area (Å²) in [5.41, 5.74) is 0.920. The second-order valence-corrected chi connectivity index (χ2v) is 7.34. The highest BCUT2D eigenvalue weighted by Gasteiger charge is 2.40. The first-order valence-corrected chi connectivity index (χ1v) is 8.42. The van der Waals surface area contributed by atoms with Crippen LogP contribution in [-0.4, -0.2) is 35.7 Å². The number of hydrogen-bond donors (Lipinski definition) is 1. The van der Waals surface area contributed by atoms with Crippen molar-refractivity contribution in [1.29, 1.82) is 0 Å². The predicted molar refractivity (Wildman–Crippen MR) is 88.4 cm³/mol. The summed E-state index contributed by atoms with van der Waals surface area (Å²) >= 11 is 9.70. The van der Waals surface area contributed by atoms with Gasteiger partial charge in [0, 0.05) is 21.5 Å². The molecule has 0 amide bonds. The Bertz CT molecular complexity index is 458. The molecule has 0 spiro atoms. The van der Waals surface area contributed by atoms with Crippen LogP contribution in [0.3, 0.4) is 0 Å². The lowest BCUT2D eigenvalue weighted by atomic mass is 9.75. The van der Waals surface area contributed by atoms with Crippen molar-refractivity contribution in [3.05, 3.63) is 33.3 Å². The number of aliphatic hydroxyl groups excluding tert-OH is 1. The Balaban J connectivity index is 2.18. The third-order valence-corrected chi connectivity index (χ3v) is 5.50. The first-order chi connectivity index (χ1) is 9.45. The van der Waals surface area contributed by atoms with E-state index in [0.717, 1.165) is 27.9 Å². The molecule has 1 aliphatic carbocycles. The summed E-state index contributed by atoms with van der Waals surface area (Å²) in [6.45, 7) is 0. The highest BCUT2D eigenvalue weighted by atomic mass is 79.9. The van der Waals surface area contributed by atoms with Crippen LogP contribution in [0.25, 0.3) is 0 Å². The lowest BCUT2D eigenvalue weighted by molar-refractivity contribution is -0.0310. The second-order valence-electron chi connectivity index (χ2n) is 6.01. The fourth-order valence-electron chi connectivity index (χ4n) is 3.33. The summed E-state index contributed by atoms with van der Waals surface area (Å²) in [4.78, 5) is 2.21. The standard InChI is InChI=1S/C16H23BrClNO/c1-19(2)16(8-4-3-5-9-16)15(20)10-12-6-7-13(17)11-14(12)18/h6-7,11,15,20H,3-5,8-10H2,1-2H3. The van der Waals surface area contributed by atoms with Gasteiger partial charge in [0.25, 0.3) is 0 Å². The maximum absolute atomic E-state index is 10.8. The maximum atomic E-state index is 10.8. The minimum atomic E-state index is -0.378. The van der Waals surface area contributed by atoms with Crippen molar-refractivity contribution < 1.29 is 5.11 Å². The van der Waals surface area contributed by atoms with Gasteiger partial charge in [0.05, 0.1) is 6.10 Å². The highest BCUT2D eigenvalue weighted by molar-refractivity contribution is 9.10. The smallest absolute Gasteiger partial charge is 0.0764 e. The van der Waals surface area contributed by atoms with Gasteiger partial charge in [0.15, 0.2) is 0 Å². The molecule has 0 radical (unpaired) electrons. The summed E-state index contributed by atoms with van der Waals surface area (Å²) < 4.78 is 0.973. The minimum Gasteiger partial charge on any atom is -0.391 e. The Labute approximate surface area is 135 Å². The van der Waals surface area contributed by atoms with Crippen molar-refractivity contribution in [3.8, 4) is 0 Å². The molecule has 1 atom stereocenters. The van der Waals surface area contributed by atoms with Crippen LogP contribution in [0.5, 0.6) is 0 Å². The fraction of sp³-hybridized carbons (Fsp3) is 0.625. The summed E-state index contributed by atoms with van der Waals surface area (Å²) in [7, 11) is 4.16. The van der Waals surface area contributed by atoms with Gasteiger partial charge in [-0.2, -0.15) is 0 Å². The zero-order valence-electron chi connectivity index (χ0n) is 12.2. The third-order valence-electron chi connectivity index (χ3n) is 4.66.